The molecule has 0 spiro atoms. The van der Waals surface area contributed by atoms with Crippen LogP contribution in [-0.2, 0) is 6.42 Å². The van der Waals surface area contributed by atoms with Gasteiger partial charge in [0.05, 0.1) is 10.5 Å². The van der Waals surface area contributed by atoms with Crippen molar-refractivity contribution < 1.29 is 14.1 Å². The Labute approximate surface area is 118 Å². The maximum Gasteiger partial charge on any atom is 0.311 e. The van der Waals surface area contributed by atoms with Crippen LogP contribution in [0.2, 0.25) is 0 Å². The van der Waals surface area contributed by atoms with Crippen molar-refractivity contribution in [1.82, 2.24) is 9.97 Å². The lowest BCUT2D eigenvalue weighted by atomic mass is 10.2. The van der Waals surface area contributed by atoms with Crippen LogP contribution in [0.3, 0.4) is 0 Å². The molecule has 1 aromatic carbocycles. The van der Waals surface area contributed by atoms with E-state index in [-0.39, 0.29) is 17.3 Å². The summed E-state index contributed by atoms with van der Waals surface area (Å²) in [6.45, 7) is 1.81. The lowest BCUT2D eigenvalue weighted by molar-refractivity contribution is -0.385. The summed E-state index contributed by atoms with van der Waals surface area (Å²) < 4.78 is 18.7. The molecular formula is C12H12FN5O3. The molecule has 0 aliphatic heterocycles. The number of nitro groups is 1. The van der Waals surface area contributed by atoms with E-state index in [9.17, 15) is 14.5 Å². The van der Waals surface area contributed by atoms with Crippen LogP contribution in [0.1, 0.15) is 12.5 Å². The SMILES string of the molecule is CCc1c(NN)ncnc1Oc1cc(F)ccc1[N+](=O)[O-]. The molecule has 1 heterocycles. The summed E-state index contributed by atoms with van der Waals surface area (Å²) in [6.07, 6.45) is 1.66. The van der Waals surface area contributed by atoms with Gasteiger partial charge in [0.1, 0.15) is 18.0 Å². The van der Waals surface area contributed by atoms with Gasteiger partial charge in [-0.05, 0) is 12.5 Å². The van der Waals surface area contributed by atoms with Crippen molar-refractivity contribution in [3.63, 3.8) is 0 Å². The van der Waals surface area contributed by atoms with Gasteiger partial charge in [0.2, 0.25) is 11.6 Å². The van der Waals surface area contributed by atoms with Crippen molar-refractivity contribution in [1.29, 1.82) is 0 Å². The molecule has 2 aromatic rings. The molecule has 0 aliphatic carbocycles. The zero-order valence-corrected chi connectivity index (χ0v) is 11.0. The van der Waals surface area contributed by atoms with Crippen molar-refractivity contribution in [2.24, 2.45) is 5.84 Å². The first-order chi connectivity index (χ1) is 10.1. The van der Waals surface area contributed by atoms with Crippen LogP contribution in [0.15, 0.2) is 24.5 Å². The number of nitrogens with zero attached hydrogens (tertiary/aromatic N) is 3. The summed E-state index contributed by atoms with van der Waals surface area (Å²) in [5.74, 6) is 4.85. The van der Waals surface area contributed by atoms with E-state index in [1.807, 2.05) is 6.92 Å². The Bertz CT molecular complexity index is 680. The van der Waals surface area contributed by atoms with Crippen molar-refractivity contribution in [2.75, 3.05) is 5.43 Å². The predicted molar refractivity (Wildman–Crippen MR) is 72.3 cm³/mol. The Kier molecular flexibility index (Phi) is 4.24. The van der Waals surface area contributed by atoms with Crippen LogP contribution >= 0.6 is 0 Å². The third-order valence-electron chi connectivity index (χ3n) is 2.72. The van der Waals surface area contributed by atoms with Gasteiger partial charge in [0, 0.05) is 12.1 Å². The molecule has 8 nitrogen and oxygen atoms in total. The molecule has 0 fully saturated rings. The number of hydrogen-bond acceptors (Lipinski definition) is 7. The van der Waals surface area contributed by atoms with Crippen molar-refractivity contribution in [3.05, 3.63) is 46.0 Å². The average Bonchev–Trinajstić information content (AvgIpc) is 2.46. The van der Waals surface area contributed by atoms with Crippen molar-refractivity contribution in [2.45, 2.75) is 13.3 Å². The molecule has 3 N–H and O–H groups in total. The second kappa shape index (κ2) is 6.09. The number of halogens is 1. The van der Waals surface area contributed by atoms with Gasteiger partial charge in [-0.1, -0.05) is 6.92 Å². The van der Waals surface area contributed by atoms with Crippen LogP contribution in [0.25, 0.3) is 0 Å². The fourth-order valence-corrected chi connectivity index (χ4v) is 1.75. The van der Waals surface area contributed by atoms with Crippen LogP contribution in [0, 0.1) is 15.9 Å². The van der Waals surface area contributed by atoms with Crippen molar-refractivity contribution >= 4 is 11.5 Å². The zero-order chi connectivity index (χ0) is 15.4. The topological polar surface area (TPSA) is 116 Å². The highest BCUT2D eigenvalue weighted by Gasteiger charge is 2.19. The smallest absolute Gasteiger partial charge is 0.311 e. The number of rotatable bonds is 5. The highest BCUT2D eigenvalue weighted by Crippen LogP contribution is 2.33. The maximum atomic E-state index is 13.3. The molecule has 0 bridgehead atoms. The van der Waals surface area contributed by atoms with E-state index in [2.05, 4.69) is 15.4 Å². The van der Waals surface area contributed by atoms with E-state index in [0.29, 0.717) is 17.8 Å². The minimum Gasteiger partial charge on any atom is -0.431 e. The van der Waals surface area contributed by atoms with E-state index in [4.69, 9.17) is 10.6 Å². The van der Waals surface area contributed by atoms with Crippen molar-refractivity contribution in [3.8, 4) is 11.6 Å². The first-order valence-electron chi connectivity index (χ1n) is 5.99. The third kappa shape index (κ3) is 3.03. The fourth-order valence-electron chi connectivity index (χ4n) is 1.75. The third-order valence-corrected chi connectivity index (χ3v) is 2.72. The van der Waals surface area contributed by atoms with Crippen LogP contribution in [-0.4, -0.2) is 14.9 Å². The number of ether oxygens (including phenoxy) is 1. The van der Waals surface area contributed by atoms with Gasteiger partial charge in [-0.15, -0.1) is 0 Å². The van der Waals surface area contributed by atoms with E-state index < -0.39 is 10.7 Å². The molecule has 1 aromatic heterocycles. The summed E-state index contributed by atoms with van der Waals surface area (Å²) in [5, 5.41) is 10.9. The molecule has 0 amide bonds. The number of aromatic nitrogens is 2. The number of nitro benzene ring substituents is 1. The quantitative estimate of drug-likeness (QED) is 0.493. The predicted octanol–water partition coefficient (Wildman–Crippen LogP) is 2.16. The molecule has 2 rings (SSSR count). The Morgan fingerprint density at radius 2 is 2.24 bits per heavy atom. The highest BCUT2D eigenvalue weighted by atomic mass is 19.1. The minimum atomic E-state index is -0.663. The minimum absolute atomic E-state index is 0.0779. The normalized spacial score (nSPS) is 10.2. The van der Waals surface area contributed by atoms with E-state index >= 15 is 0 Å². The van der Waals surface area contributed by atoms with Crippen LogP contribution in [0.4, 0.5) is 15.9 Å². The molecule has 0 saturated carbocycles. The lowest BCUT2D eigenvalue weighted by Gasteiger charge is -2.11. The number of benzene rings is 1. The van der Waals surface area contributed by atoms with Gasteiger partial charge in [0.15, 0.2) is 0 Å². The van der Waals surface area contributed by atoms with Gasteiger partial charge in [-0.2, -0.15) is 0 Å². The zero-order valence-electron chi connectivity index (χ0n) is 11.0. The summed E-state index contributed by atoms with van der Waals surface area (Å²) in [6, 6.07) is 2.94. The number of hydrogen-bond donors (Lipinski definition) is 2. The van der Waals surface area contributed by atoms with Crippen LogP contribution < -0.4 is 16.0 Å². The fraction of sp³-hybridized carbons (Fsp3) is 0.167. The second-order valence-electron chi connectivity index (χ2n) is 3.98. The van der Waals surface area contributed by atoms with Gasteiger partial charge in [0.25, 0.3) is 0 Å². The molecule has 0 saturated heterocycles. The maximum absolute atomic E-state index is 13.3. The van der Waals surface area contributed by atoms with E-state index in [1.165, 1.54) is 6.33 Å². The van der Waals surface area contributed by atoms with E-state index in [1.54, 1.807) is 0 Å². The highest BCUT2D eigenvalue weighted by molar-refractivity contribution is 5.52. The number of nitrogen functional groups attached to an aromatic ring is 1. The first kappa shape index (κ1) is 14.6. The molecule has 21 heavy (non-hydrogen) atoms. The number of nitrogens with two attached hydrogens (primary N) is 1. The molecule has 9 heteroatoms. The molecule has 0 aliphatic rings. The molecular weight excluding hydrogens is 281 g/mol. The Balaban J connectivity index is 2.47. The monoisotopic (exact) mass is 293 g/mol. The number of anilines is 1. The van der Waals surface area contributed by atoms with Gasteiger partial charge in [-0.25, -0.2) is 20.2 Å². The largest absolute Gasteiger partial charge is 0.431 e. The Morgan fingerprint density at radius 3 is 2.86 bits per heavy atom. The van der Waals surface area contributed by atoms with Gasteiger partial charge >= 0.3 is 5.69 Å². The Hall–Kier alpha value is -2.81. The summed E-state index contributed by atoms with van der Waals surface area (Å²) >= 11 is 0. The lowest BCUT2D eigenvalue weighted by Crippen LogP contribution is -2.12. The summed E-state index contributed by atoms with van der Waals surface area (Å²) in [4.78, 5) is 18.1. The number of hydrazine groups is 1. The van der Waals surface area contributed by atoms with Crippen LogP contribution in [0.5, 0.6) is 11.6 Å². The molecule has 0 radical (unpaired) electrons. The standard InChI is InChI=1S/C12H12FN5O3/c1-2-8-11(17-14)15-6-16-12(8)21-10-5-7(13)3-4-9(10)18(19)20/h3-6H,2,14H2,1H3,(H,15,16,17). The summed E-state index contributed by atoms with van der Waals surface area (Å²) in [5.41, 5.74) is 2.55. The average molecular weight is 293 g/mol. The summed E-state index contributed by atoms with van der Waals surface area (Å²) in [7, 11) is 0. The molecule has 0 unspecified atom stereocenters. The Morgan fingerprint density at radius 1 is 1.48 bits per heavy atom. The second-order valence-corrected chi connectivity index (χ2v) is 3.98. The molecule has 110 valence electrons. The van der Waals surface area contributed by atoms with E-state index in [0.717, 1.165) is 18.2 Å². The first-order valence-corrected chi connectivity index (χ1v) is 5.99. The van der Waals surface area contributed by atoms with Gasteiger partial charge in [-0.3, -0.25) is 10.1 Å². The molecule has 0 atom stereocenters. The number of nitrogens with one attached hydrogen (secondary N) is 1. The van der Waals surface area contributed by atoms with Gasteiger partial charge < -0.3 is 10.2 Å².